The van der Waals surface area contributed by atoms with Gasteiger partial charge in [0, 0.05) is 12.1 Å². The van der Waals surface area contributed by atoms with Crippen molar-refractivity contribution in [1.82, 2.24) is 4.98 Å². The molecule has 164 valence electrons. The van der Waals surface area contributed by atoms with E-state index >= 15 is 0 Å². The molecule has 0 radical (unpaired) electrons. The topological polar surface area (TPSA) is 97.4 Å². The predicted octanol–water partition coefficient (Wildman–Crippen LogP) is 4.84. The van der Waals surface area contributed by atoms with Crippen molar-refractivity contribution in [2.24, 2.45) is 0 Å². The molecule has 0 aliphatic rings. The van der Waals surface area contributed by atoms with Gasteiger partial charge in [0.25, 0.3) is 10.0 Å². The van der Waals surface area contributed by atoms with Crippen LogP contribution in [0, 0.1) is 6.92 Å². The van der Waals surface area contributed by atoms with Crippen LogP contribution in [-0.4, -0.2) is 26.4 Å². The molecule has 2 N–H and O–H groups in total. The fourth-order valence-corrected chi connectivity index (χ4v) is 5.21. The number of carbonyl (C=O) groups excluding carboxylic acids is 1. The summed E-state index contributed by atoms with van der Waals surface area (Å²) in [6, 6.07) is 12.2. The molecule has 0 aliphatic carbocycles. The number of thiazole rings is 1. The number of carbonyl (C=O) groups is 1. The van der Waals surface area contributed by atoms with E-state index in [2.05, 4.69) is 15.0 Å². The van der Waals surface area contributed by atoms with E-state index in [1.54, 1.807) is 37.3 Å². The van der Waals surface area contributed by atoms with Gasteiger partial charge in [-0.15, -0.1) is 0 Å². The lowest BCUT2D eigenvalue weighted by molar-refractivity contribution is -0.115. The molecule has 3 rings (SSSR count). The van der Waals surface area contributed by atoms with Crippen LogP contribution in [0.4, 0.5) is 10.8 Å². The van der Waals surface area contributed by atoms with E-state index < -0.39 is 10.0 Å². The molecule has 1 aromatic heterocycles. The van der Waals surface area contributed by atoms with Gasteiger partial charge in [-0.3, -0.25) is 9.52 Å². The van der Waals surface area contributed by atoms with Gasteiger partial charge in [0.2, 0.25) is 5.91 Å². The van der Waals surface area contributed by atoms with Gasteiger partial charge in [-0.2, -0.15) is 0 Å². The molecule has 0 fully saturated rings. The standard InChI is InChI=1S/C22H25N3O4S2/c1-5-15-7-10-17(11-8-15)25-31(27,28)19-13-16(9-12-18(19)29-4)21-14(3)23-22(30-21)24-20(26)6-2/h7-13,25H,5-6H2,1-4H3,(H,23,24,26). The second-order valence-electron chi connectivity index (χ2n) is 6.86. The van der Waals surface area contributed by atoms with Crippen molar-refractivity contribution in [2.45, 2.75) is 38.5 Å². The first-order chi connectivity index (χ1) is 14.8. The molecule has 0 atom stereocenters. The summed E-state index contributed by atoms with van der Waals surface area (Å²) in [7, 11) is -2.46. The number of aromatic nitrogens is 1. The second kappa shape index (κ2) is 9.49. The van der Waals surface area contributed by atoms with E-state index in [1.165, 1.54) is 18.4 Å². The summed E-state index contributed by atoms with van der Waals surface area (Å²) in [4.78, 5) is 16.9. The van der Waals surface area contributed by atoms with Crippen LogP contribution < -0.4 is 14.8 Å². The normalized spacial score (nSPS) is 11.2. The predicted molar refractivity (Wildman–Crippen MR) is 124 cm³/mol. The van der Waals surface area contributed by atoms with Gasteiger partial charge in [0.1, 0.15) is 10.6 Å². The van der Waals surface area contributed by atoms with Crippen LogP contribution in [-0.2, 0) is 21.2 Å². The fourth-order valence-electron chi connectivity index (χ4n) is 2.97. The Balaban J connectivity index is 1.97. The first kappa shape index (κ1) is 22.8. The molecule has 0 saturated heterocycles. The van der Waals surface area contributed by atoms with Gasteiger partial charge < -0.3 is 10.1 Å². The SMILES string of the molecule is CCC(=O)Nc1nc(C)c(-c2ccc(OC)c(S(=O)(=O)Nc3ccc(CC)cc3)c2)s1. The van der Waals surface area contributed by atoms with Gasteiger partial charge in [0.15, 0.2) is 5.13 Å². The number of anilines is 2. The van der Waals surface area contributed by atoms with Crippen LogP contribution in [0.5, 0.6) is 5.75 Å². The van der Waals surface area contributed by atoms with E-state index in [1.807, 2.05) is 26.0 Å². The minimum Gasteiger partial charge on any atom is -0.495 e. The fraction of sp³-hybridized carbons (Fsp3) is 0.273. The maximum Gasteiger partial charge on any atom is 0.265 e. The maximum absolute atomic E-state index is 13.1. The van der Waals surface area contributed by atoms with Crippen molar-refractivity contribution in [3.63, 3.8) is 0 Å². The second-order valence-corrected chi connectivity index (χ2v) is 9.51. The number of aryl methyl sites for hydroxylation is 2. The van der Waals surface area contributed by atoms with E-state index in [9.17, 15) is 13.2 Å². The Bertz CT molecular complexity index is 1190. The highest BCUT2D eigenvalue weighted by Crippen LogP contribution is 2.37. The number of nitrogens with one attached hydrogen (secondary N) is 2. The lowest BCUT2D eigenvalue weighted by Gasteiger charge is -2.13. The van der Waals surface area contributed by atoms with Gasteiger partial charge in [-0.25, -0.2) is 13.4 Å². The van der Waals surface area contributed by atoms with Gasteiger partial charge in [0.05, 0.1) is 17.7 Å². The highest BCUT2D eigenvalue weighted by Gasteiger charge is 2.22. The lowest BCUT2D eigenvalue weighted by Crippen LogP contribution is -2.14. The Kier molecular flexibility index (Phi) is 6.97. The first-order valence-corrected chi connectivity index (χ1v) is 12.1. The number of ether oxygens (including phenoxy) is 1. The molecular formula is C22H25N3O4S2. The summed E-state index contributed by atoms with van der Waals surface area (Å²) in [6.07, 6.45) is 1.22. The third-order valence-corrected chi connectivity index (χ3v) is 7.22. The quantitative estimate of drug-likeness (QED) is 0.502. The summed E-state index contributed by atoms with van der Waals surface area (Å²) in [5.41, 5.74) is 2.97. The average molecular weight is 460 g/mol. The van der Waals surface area contributed by atoms with Crippen LogP contribution in [0.15, 0.2) is 47.4 Å². The Labute approximate surface area is 186 Å². The van der Waals surface area contributed by atoms with Gasteiger partial charge in [-0.1, -0.05) is 37.3 Å². The zero-order chi connectivity index (χ0) is 22.6. The van der Waals surface area contributed by atoms with Crippen LogP contribution in [0.1, 0.15) is 31.5 Å². The summed E-state index contributed by atoms with van der Waals surface area (Å²) in [5, 5.41) is 3.23. The number of hydrogen-bond acceptors (Lipinski definition) is 6. The number of sulfonamides is 1. The minimum atomic E-state index is -3.90. The van der Waals surface area contributed by atoms with Crippen LogP contribution in [0.3, 0.4) is 0 Å². The molecule has 1 heterocycles. The highest BCUT2D eigenvalue weighted by atomic mass is 32.2. The van der Waals surface area contributed by atoms with Crippen LogP contribution >= 0.6 is 11.3 Å². The van der Waals surface area contributed by atoms with Crippen molar-refractivity contribution in [2.75, 3.05) is 17.1 Å². The van der Waals surface area contributed by atoms with E-state index in [0.717, 1.165) is 16.9 Å². The molecule has 0 spiro atoms. The Morgan fingerprint density at radius 3 is 2.45 bits per heavy atom. The van der Waals surface area contributed by atoms with Crippen molar-refractivity contribution in [1.29, 1.82) is 0 Å². The monoisotopic (exact) mass is 459 g/mol. The molecule has 0 saturated carbocycles. The number of methoxy groups -OCH3 is 1. The number of nitrogens with zero attached hydrogens (tertiary/aromatic N) is 1. The van der Waals surface area contributed by atoms with Crippen molar-refractivity contribution >= 4 is 38.1 Å². The minimum absolute atomic E-state index is 0.0269. The molecule has 0 bridgehead atoms. The van der Waals surface area contributed by atoms with Crippen molar-refractivity contribution < 1.29 is 17.9 Å². The molecule has 7 nitrogen and oxygen atoms in total. The smallest absolute Gasteiger partial charge is 0.265 e. The number of rotatable bonds is 8. The maximum atomic E-state index is 13.1. The van der Waals surface area contributed by atoms with Crippen molar-refractivity contribution in [3.8, 4) is 16.2 Å². The molecule has 1 amide bonds. The highest BCUT2D eigenvalue weighted by molar-refractivity contribution is 7.92. The Morgan fingerprint density at radius 2 is 1.84 bits per heavy atom. The molecule has 2 aromatic carbocycles. The summed E-state index contributed by atoms with van der Waals surface area (Å²) < 4.78 is 34.2. The molecular weight excluding hydrogens is 434 g/mol. The third kappa shape index (κ3) is 5.23. The molecule has 0 unspecified atom stereocenters. The van der Waals surface area contributed by atoms with E-state index in [-0.39, 0.29) is 16.6 Å². The summed E-state index contributed by atoms with van der Waals surface area (Å²) in [5.74, 6) is 0.111. The van der Waals surface area contributed by atoms with Crippen molar-refractivity contribution in [3.05, 3.63) is 53.7 Å². The number of benzene rings is 2. The van der Waals surface area contributed by atoms with Crippen LogP contribution in [0.2, 0.25) is 0 Å². The molecule has 9 heteroatoms. The zero-order valence-electron chi connectivity index (χ0n) is 17.9. The molecule has 0 aliphatic heterocycles. The van der Waals surface area contributed by atoms with Gasteiger partial charge in [-0.05, 0) is 54.8 Å². The number of amides is 1. The first-order valence-electron chi connectivity index (χ1n) is 9.84. The molecule has 3 aromatic rings. The number of hydrogen-bond donors (Lipinski definition) is 2. The summed E-state index contributed by atoms with van der Waals surface area (Å²) in [6.45, 7) is 5.62. The van der Waals surface area contributed by atoms with Crippen LogP contribution in [0.25, 0.3) is 10.4 Å². The third-order valence-electron chi connectivity index (χ3n) is 4.69. The largest absolute Gasteiger partial charge is 0.495 e. The van der Waals surface area contributed by atoms with E-state index in [4.69, 9.17) is 4.74 Å². The van der Waals surface area contributed by atoms with E-state index in [0.29, 0.717) is 28.5 Å². The van der Waals surface area contributed by atoms with Gasteiger partial charge >= 0.3 is 0 Å². The Morgan fingerprint density at radius 1 is 1.13 bits per heavy atom. The molecule has 31 heavy (non-hydrogen) atoms. The lowest BCUT2D eigenvalue weighted by atomic mass is 10.1. The summed E-state index contributed by atoms with van der Waals surface area (Å²) >= 11 is 1.30. The average Bonchev–Trinajstić information content (AvgIpc) is 3.13. The Hall–Kier alpha value is -2.91. The zero-order valence-corrected chi connectivity index (χ0v) is 19.5.